The average molecular weight is 419 g/mol. The van der Waals surface area contributed by atoms with E-state index in [1.165, 1.54) is 4.90 Å². The maximum atomic E-state index is 12.8. The van der Waals surface area contributed by atoms with Crippen molar-refractivity contribution in [2.24, 2.45) is 11.7 Å². The molecule has 2 rings (SSSR count). The number of amides is 3. The Morgan fingerprint density at radius 1 is 1.20 bits per heavy atom. The molecule has 1 aromatic carbocycles. The number of hydrogen-bond donors (Lipinski definition) is 2. The molecule has 0 saturated carbocycles. The largest absolute Gasteiger partial charge is 0.466 e. The first-order chi connectivity index (χ1) is 14.3. The van der Waals surface area contributed by atoms with Gasteiger partial charge in [0.05, 0.1) is 13.0 Å². The second-order valence-corrected chi connectivity index (χ2v) is 7.27. The van der Waals surface area contributed by atoms with Gasteiger partial charge in [-0.3, -0.25) is 19.3 Å². The van der Waals surface area contributed by atoms with Gasteiger partial charge >= 0.3 is 12.1 Å². The van der Waals surface area contributed by atoms with E-state index in [-0.39, 0.29) is 19.6 Å². The zero-order valence-corrected chi connectivity index (χ0v) is 17.3. The van der Waals surface area contributed by atoms with E-state index in [1.807, 2.05) is 30.3 Å². The van der Waals surface area contributed by atoms with E-state index in [2.05, 4.69) is 5.32 Å². The number of nitrogens with zero attached hydrogens (tertiary/aromatic N) is 1. The van der Waals surface area contributed by atoms with Gasteiger partial charge in [-0.1, -0.05) is 37.3 Å². The SMILES string of the molecule is CCOC(=O)C[C@H](C)[C@H](NC(=O)[C@H]1CCCN1C(=O)OCc1ccccc1)C(N)=O. The second-order valence-electron chi connectivity index (χ2n) is 7.27. The molecule has 1 heterocycles. The van der Waals surface area contributed by atoms with Crippen molar-refractivity contribution in [3.05, 3.63) is 35.9 Å². The van der Waals surface area contributed by atoms with E-state index in [1.54, 1.807) is 13.8 Å². The summed E-state index contributed by atoms with van der Waals surface area (Å²) in [5, 5.41) is 2.59. The van der Waals surface area contributed by atoms with Crippen molar-refractivity contribution < 1.29 is 28.7 Å². The molecule has 9 heteroatoms. The highest BCUT2D eigenvalue weighted by Gasteiger charge is 2.37. The van der Waals surface area contributed by atoms with Crippen LogP contribution < -0.4 is 11.1 Å². The molecule has 0 radical (unpaired) electrons. The Bertz CT molecular complexity index is 754. The fourth-order valence-corrected chi connectivity index (χ4v) is 3.40. The number of nitrogens with two attached hydrogens (primary N) is 1. The number of carbonyl (C=O) groups is 4. The second kappa shape index (κ2) is 11.2. The maximum absolute atomic E-state index is 12.8. The van der Waals surface area contributed by atoms with Crippen molar-refractivity contribution in [3.8, 4) is 0 Å². The number of carbonyl (C=O) groups excluding carboxylic acids is 4. The highest BCUT2D eigenvalue weighted by molar-refractivity contribution is 5.91. The van der Waals surface area contributed by atoms with Crippen molar-refractivity contribution in [2.45, 2.75) is 51.8 Å². The Labute approximate surface area is 175 Å². The van der Waals surface area contributed by atoms with Crippen molar-refractivity contribution in [1.82, 2.24) is 10.2 Å². The Morgan fingerprint density at radius 2 is 1.90 bits per heavy atom. The van der Waals surface area contributed by atoms with Gasteiger partial charge in [0.15, 0.2) is 0 Å². The fourth-order valence-electron chi connectivity index (χ4n) is 3.40. The van der Waals surface area contributed by atoms with Crippen LogP contribution in [0.2, 0.25) is 0 Å². The molecular formula is C21H29N3O6. The Balaban J connectivity index is 1.96. The highest BCUT2D eigenvalue weighted by atomic mass is 16.6. The zero-order valence-electron chi connectivity index (χ0n) is 17.3. The van der Waals surface area contributed by atoms with Gasteiger partial charge in [-0.25, -0.2) is 4.79 Å². The minimum atomic E-state index is -1.05. The number of likely N-dealkylation sites (tertiary alicyclic amines) is 1. The van der Waals surface area contributed by atoms with Crippen molar-refractivity contribution in [3.63, 3.8) is 0 Å². The molecule has 0 aliphatic carbocycles. The summed E-state index contributed by atoms with van der Waals surface area (Å²) < 4.78 is 10.2. The number of hydrogen-bond acceptors (Lipinski definition) is 6. The number of primary amides is 1. The smallest absolute Gasteiger partial charge is 0.410 e. The number of nitrogens with one attached hydrogen (secondary N) is 1. The van der Waals surface area contributed by atoms with Gasteiger partial charge in [-0.15, -0.1) is 0 Å². The lowest BCUT2D eigenvalue weighted by Gasteiger charge is -2.27. The van der Waals surface area contributed by atoms with Crippen LogP contribution in [0.5, 0.6) is 0 Å². The summed E-state index contributed by atoms with van der Waals surface area (Å²) in [4.78, 5) is 50.2. The third-order valence-corrected chi connectivity index (χ3v) is 4.96. The predicted octanol–water partition coefficient (Wildman–Crippen LogP) is 1.35. The van der Waals surface area contributed by atoms with Gasteiger partial charge in [0.25, 0.3) is 0 Å². The number of rotatable bonds is 9. The standard InChI is InChI=1S/C21H29N3O6/c1-3-29-17(25)12-14(2)18(19(22)26)23-20(27)16-10-7-11-24(16)21(28)30-13-15-8-5-4-6-9-15/h4-6,8-9,14,16,18H,3,7,10-13H2,1-2H3,(H2,22,26)(H,23,27)/t14-,16+,18-/m0/s1. The van der Waals surface area contributed by atoms with Gasteiger partial charge in [-0.2, -0.15) is 0 Å². The minimum Gasteiger partial charge on any atom is -0.466 e. The van der Waals surface area contributed by atoms with Crippen LogP contribution in [0.4, 0.5) is 4.79 Å². The number of esters is 1. The molecule has 3 atom stereocenters. The summed E-state index contributed by atoms with van der Waals surface area (Å²) in [5.74, 6) is -2.28. The normalized spacial score (nSPS) is 17.7. The molecule has 0 spiro atoms. The van der Waals surface area contributed by atoms with Crippen molar-refractivity contribution >= 4 is 23.9 Å². The minimum absolute atomic E-state index is 0.0603. The predicted molar refractivity (Wildman–Crippen MR) is 108 cm³/mol. The topological polar surface area (TPSA) is 128 Å². The lowest BCUT2D eigenvalue weighted by Crippen LogP contribution is -2.54. The Kier molecular flexibility index (Phi) is 8.64. The van der Waals surface area contributed by atoms with E-state index < -0.39 is 41.9 Å². The molecule has 30 heavy (non-hydrogen) atoms. The summed E-state index contributed by atoms with van der Waals surface area (Å²) in [5.41, 5.74) is 6.27. The van der Waals surface area contributed by atoms with Crippen LogP contribution in [0.25, 0.3) is 0 Å². The first-order valence-corrected chi connectivity index (χ1v) is 10.1. The average Bonchev–Trinajstić information content (AvgIpc) is 3.20. The molecule has 3 amide bonds. The third-order valence-electron chi connectivity index (χ3n) is 4.96. The van der Waals surface area contributed by atoms with Gasteiger partial charge in [0, 0.05) is 6.54 Å². The molecular weight excluding hydrogens is 390 g/mol. The fraction of sp³-hybridized carbons (Fsp3) is 0.524. The molecule has 1 fully saturated rings. The van der Waals surface area contributed by atoms with Crippen LogP contribution in [0, 0.1) is 5.92 Å². The quantitative estimate of drug-likeness (QED) is 0.582. The number of ether oxygens (including phenoxy) is 2. The summed E-state index contributed by atoms with van der Waals surface area (Å²) in [7, 11) is 0. The van der Waals surface area contributed by atoms with Crippen LogP contribution in [0.15, 0.2) is 30.3 Å². The molecule has 1 saturated heterocycles. The summed E-state index contributed by atoms with van der Waals surface area (Å²) >= 11 is 0. The van der Waals surface area contributed by atoms with Crippen molar-refractivity contribution in [1.29, 1.82) is 0 Å². The van der Waals surface area contributed by atoms with Crippen LogP contribution in [-0.4, -0.2) is 54.0 Å². The molecule has 0 unspecified atom stereocenters. The molecule has 9 nitrogen and oxygen atoms in total. The number of benzene rings is 1. The van der Waals surface area contributed by atoms with E-state index in [4.69, 9.17) is 15.2 Å². The monoisotopic (exact) mass is 419 g/mol. The maximum Gasteiger partial charge on any atom is 0.410 e. The van der Waals surface area contributed by atoms with Gasteiger partial charge in [0.2, 0.25) is 11.8 Å². The Hall–Kier alpha value is -3.10. The molecule has 1 aliphatic rings. The van der Waals surface area contributed by atoms with Gasteiger partial charge < -0.3 is 20.5 Å². The van der Waals surface area contributed by atoms with Crippen molar-refractivity contribution in [2.75, 3.05) is 13.2 Å². The molecule has 1 aliphatic heterocycles. The molecule has 164 valence electrons. The first-order valence-electron chi connectivity index (χ1n) is 10.1. The van der Waals surface area contributed by atoms with Crippen LogP contribution >= 0.6 is 0 Å². The molecule has 0 bridgehead atoms. The molecule has 0 aromatic heterocycles. The lowest BCUT2D eigenvalue weighted by atomic mass is 9.97. The molecule has 3 N–H and O–H groups in total. The van der Waals surface area contributed by atoms with Crippen LogP contribution in [0.3, 0.4) is 0 Å². The van der Waals surface area contributed by atoms with Crippen LogP contribution in [-0.2, 0) is 30.5 Å². The van der Waals surface area contributed by atoms with Gasteiger partial charge in [-0.05, 0) is 31.2 Å². The van der Waals surface area contributed by atoms with Crippen LogP contribution in [0.1, 0.15) is 38.7 Å². The molecule has 1 aromatic rings. The van der Waals surface area contributed by atoms with E-state index in [0.717, 1.165) is 5.56 Å². The third kappa shape index (κ3) is 6.47. The van der Waals surface area contributed by atoms with E-state index >= 15 is 0 Å². The summed E-state index contributed by atoms with van der Waals surface area (Å²) in [6.45, 7) is 4.02. The summed E-state index contributed by atoms with van der Waals surface area (Å²) in [6, 6.07) is 7.42. The van der Waals surface area contributed by atoms with Gasteiger partial charge in [0.1, 0.15) is 18.7 Å². The zero-order chi connectivity index (χ0) is 22.1. The lowest BCUT2D eigenvalue weighted by molar-refractivity contribution is -0.145. The first kappa shape index (κ1) is 23.2. The van der Waals surface area contributed by atoms with E-state index in [0.29, 0.717) is 19.4 Å². The highest BCUT2D eigenvalue weighted by Crippen LogP contribution is 2.20. The summed E-state index contributed by atoms with van der Waals surface area (Å²) in [6.07, 6.45) is 0.434. The van der Waals surface area contributed by atoms with E-state index in [9.17, 15) is 19.2 Å². The Morgan fingerprint density at radius 3 is 2.53 bits per heavy atom.